The summed E-state index contributed by atoms with van der Waals surface area (Å²) in [5.41, 5.74) is 1.41. The van der Waals surface area contributed by atoms with Crippen LogP contribution in [0.3, 0.4) is 0 Å². The van der Waals surface area contributed by atoms with Crippen LogP contribution in [0.25, 0.3) is 22.3 Å². The van der Waals surface area contributed by atoms with E-state index in [1.807, 2.05) is 42.5 Å². The summed E-state index contributed by atoms with van der Waals surface area (Å²) in [5.74, 6) is 1.96. The van der Waals surface area contributed by atoms with Crippen molar-refractivity contribution in [2.45, 2.75) is 20.3 Å². The number of hydrogen-bond acceptors (Lipinski definition) is 3. The van der Waals surface area contributed by atoms with Gasteiger partial charge in [0.2, 0.25) is 0 Å². The summed E-state index contributed by atoms with van der Waals surface area (Å²) in [6, 6.07) is 15.0. The molecule has 0 atom stereocenters. The van der Waals surface area contributed by atoms with Gasteiger partial charge in [-0.3, -0.25) is 4.79 Å². The maximum atomic E-state index is 12.2. The molecule has 23 heavy (non-hydrogen) atoms. The molecule has 1 aromatic heterocycles. The molecule has 3 aromatic rings. The van der Waals surface area contributed by atoms with Crippen molar-refractivity contribution in [3.8, 4) is 17.1 Å². The van der Waals surface area contributed by atoms with Crippen LogP contribution in [0, 0.1) is 5.92 Å². The van der Waals surface area contributed by atoms with Gasteiger partial charge in [-0.05, 0) is 36.6 Å². The molecule has 4 heteroatoms. The Morgan fingerprint density at radius 1 is 1.13 bits per heavy atom. The van der Waals surface area contributed by atoms with Crippen molar-refractivity contribution >= 4 is 10.9 Å². The molecule has 0 radical (unpaired) electrons. The van der Waals surface area contributed by atoms with Crippen molar-refractivity contribution in [3.05, 3.63) is 58.9 Å². The number of hydrogen-bond donors (Lipinski definition) is 1. The van der Waals surface area contributed by atoms with Crippen LogP contribution in [0.2, 0.25) is 0 Å². The van der Waals surface area contributed by atoms with Crippen molar-refractivity contribution in [1.29, 1.82) is 0 Å². The first-order valence-corrected chi connectivity index (χ1v) is 7.86. The molecular formula is C19H20N2O2. The third kappa shape index (κ3) is 3.59. The zero-order chi connectivity index (χ0) is 16.2. The summed E-state index contributed by atoms with van der Waals surface area (Å²) >= 11 is 0. The van der Waals surface area contributed by atoms with Gasteiger partial charge in [-0.25, -0.2) is 4.98 Å². The minimum atomic E-state index is -0.128. The highest BCUT2D eigenvalue weighted by Crippen LogP contribution is 2.22. The second kappa shape index (κ2) is 6.65. The maximum absolute atomic E-state index is 12.2. The van der Waals surface area contributed by atoms with Crippen LogP contribution in [0.4, 0.5) is 0 Å². The quantitative estimate of drug-likeness (QED) is 0.774. The molecule has 0 amide bonds. The van der Waals surface area contributed by atoms with E-state index in [2.05, 4.69) is 23.8 Å². The second-order valence-corrected chi connectivity index (χ2v) is 5.99. The highest BCUT2D eigenvalue weighted by molar-refractivity contribution is 5.79. The summed E-state index contributed by atoms with van der Waals surface area (Å²) < 4.78 is 5.78. The van der Waals surface area contributed by atoms with E-state index in [1.54, 1.807) is 6.07 Å². The lowest BCUT2D eigenvalue weighted by Gasteiger charge is -2.09. The molecule has 1 N–H and O–H groups in total. The number of aromatic amines is 1. The van der Waals surface area contributed by atoms with E-state index < -0.39 is 0 Å². The molecule has 3 rings (SSSR count). The Kier molecular flexibility index (Phi) is 4.42. The van der Waals surface area contributed by atoms with Crippen LogP contribution >= 0.6 is 0 Å². The van der Waals surface area contributed by atoms with E-state index in [1.165, 1.54) is 0 Å². The Morgan fingerprint density at radius 2 is 1.96 bits per heavy atom. The predicted molar refractivity (Wildman–Crippen MR) is 92.7 cm³/mol. The van der Waals surface area contributed by atoms with Crippen LogP contribution in [0.5, 0.6) is 5.75 Å². The molecule has 0 saturated carbocycles. The lowest BCUT2D eigenvalue weighted by Crippen LogP contribution is -2.09. The topological polar surface area (TPSA) is 55.0 Å². The van der Waals surface area contributed by atoms with Crippen molar-refractivity contribution < 1.29 is 4.74 Å². The summed E-state index contributed by atoms with van der Waals surface area (Å²) in [7, 11) is 0. The lowest BCUT2D eigenvalue weighted by atomic mass is 10.1. The van der Waals surface area contributed by atoms with E-state index in [9.17, 15) is 4.79 Å². The molecule has 0 saturated heterocycles. The Morgan fingerprint density at radius 3 is 2.78 bits per heavy atom. The van der Waals surface area contributed by atoms with Crippen LogP contribution in [-0.4, -0.2) is 16.6 Å². The van der Waals surface area contributed by atoms with Crippen molar-refractivity contribution in [2.75, 3.05) is 6.61 Å². The smallest absolute Gasteiger partial charge is 0.259 e. The zero-order valence-corrected chi connectivity index (χ0v) is 13.4. The van der Waals surface area contributed by atoms with Gasteiger partial charge < -0.3 is 9.72 Å². The lowest BCUT2D eigenvalue weighted by molar-refractivity contribution is 0.289. The zero-order valence-electron chi connectivity index (χ0n) is 13.4. The first-order valence-electron chi connectivity index (χ1n) is 7.86. The Bertz CT molecular complexity index is 868. The number of aromatic nitrogens is 2. The number of ether oxygens (including phenoxy) is 1. The molecule has 2 aromatic carbocycles. The fourth-order valence-electron chi connectivity index (χ4n) is 2.37. The second-order valence-electron chi connectivity index (χ2n) is 5.99. The summed E-state index contributed by atoms with van der Waals surface area (Å²) in [6.45, 7) is 5.02. The van der Waals surface area contributed by atoms with Crippen molar-refractivity contribution in [1.82, 2.24) is 9.97 Å². The number of nitrogens with zero attached hydrogens (tertiary/aromatic N) is 1. The monoisotopic (exact) mass is 308 g/mol. The third-order valence-corrected chi connectivity index (χ3v) is 3.68. The number of benzene rings is 2. The van der Waals surface area contributed by atoms with E-state index >= 15 is 0 Å². The van der Waals surface area contributed by atoms with Crippen LogP contribution in [-0.2, 0) is 0 Å². The standard InChI is InChI=1S/C19H20N2O2/c1-13(2)10-11-23-15-7-5-6-14(12-15)18-20-17-9-4-3-8-16(17)19(22)21-18/h3-9,12-13H,10-11H2,1-2H3,(H,20,21,22). The normalized spacial score (nSPS) is 11.1. The van der Waals surface area contributed by atoms with Crippen LogP contribution in [0.1, 0.15) is 20.3 Å². The minimum absolute atomic E-state index is 0.128. The van der Waals surface area contributed by atoms with Gasteiger partial charge in [-0.2, -0.15) is 0 Å². The molecule has 4 nitrogen and oxygen atoms in total. The van der Waals surface area contributed by atoms with Crippen molar-refractivity contribution in [3.63, 3.8) is 0 Å². The highest BCUT2D eigenvalue weighted by Gasteiger charge is 2.06. The molecule has 0 fully saturated rings. The minimum Gasteiger partial charge on any atom is -0.494 e. The Balaban J connectivity index is 1.91. The molecule has 0 aliphatic carbocycles. The fourth-order valence-corrected chi connectivity index (χ4v) is 2.37. The van der Waals surface area contributed by atoms with Crippen LogP contribution in [0.15, 0.2) is 53.3 Å². The van der Waals surface area contributed by atoms with Crippen molar-refractivity contribution in [2.24, 2.45) is 5.92 Å². The average Bonchev–Trinajstić information content (AvgIpc) is 2.55. The van der Waals surface area contributed by atoms with Gasteiger partial charge in [0.1, 0.15) is 11.6 Å². The van der Waals surface area contributed by atoms with Gasteiger partial charge in [-0.15, -0.1) is 0 Å². The van der Waals surface area contributed by atoms with Gasteiger partial charge in [-0.1, -0.05) is 38.1 Å². The van der Waals surface area contributed by atoms with E-state index in [-0.39, 0.29) is 5.56 Å². The number of H-pyrrole nitrogens is 1. The number of rotatable bonds is 5. The van der Waals surface area contributed by atoms with E-state index in [4.69, 9.17) is 4.74 Å². The van der Waals surface area contributed by atoms with E-state index in [0.717, 1.165) is 17.7 Å². The highest BCUT2D eigenvalue weighted by atomic mass is 16.5. The number of para-hydroxylation sites is 1. The van der Waals surface area contributed by atoms with Gasteiger partial charge in [0.15, 0.2) is 0 Å². The molecule has 0 aliphatic rings. The maximum Gasteiger partial charge on any atom is 0.259 e. The first-order chi connectivity index (χ1) is 11.1. The summed E-state index contributed by atoms with van der Waals surface area (Å²) in [6.07, 6.45) is 1.01. The summed E-state index contributed by atoms with van der Waals surface area (Å²) in [5, 5.41) is 0.598. The number of nitrogens with one attached hydrogen (secondary N) is 1. The molecule has 0 aliphatic heterocycles. The molecule has 118 valence electrons. The van der Waals surface area contributed by atoms with Gasteiger partial charge >= 0.3 is 0 Å². The number of fused-ring (bicyclic) bond motifs is 1. The molecule has 0 spiro atoms. The predicted octanol–water partition coefficient (Wildman–Crippen LogP) is 4.02. The summed E-state index contributed by atoms with van der Waals surface area (Å²) in [4.78, 5) is 19.6. The molecule has 0 unspecified atom stereocenters. The van der Waals surface area contributed by atoms with Gasteiger partial charge in [0.25, 0.3) is 5.56 Å². The molecule has 0 bridgehead atoms. The molecule has 1 heterocycles. The first kappa shape index (κ1) is 15.3. The molecular weight excluding hydrogens is 288 g/mol. The largest absolute Gasteiger partial charge is 0.494 e. The van der Waals surface area contributed by atoms with Crippen LogP contribution < -0.4 is 10.3 Å². The van der Waals surface area contributed by atoms with E-state index in [0.29, 0.717) is 29.3 Å². The van der Waals surface area contributed by atoms with Gasteiger partial charge in [0.05, 0.1) is 17.5 Å². The fraction of sp³-hybridized carbons (Fsp3) is 0.263. The Labute approximate surface area is 135 Å². The third-order valence-electron chi connectivity index (χ3n) is 3.68. The van der Waals surface area contributed by atoms with Gasteiger partial charge in [0, 0.05) is 5.56 Å². The average molecular weight is 308 g/mol. The Hall–Kier alpha value is -2.62. The SMILES string of the molecule is CC(C)CCOc1cccc(-c2nc3ccccc3c(=O)[nH]2)c1.